The maximum absolute atomic E-state index is 14.6. The molecule has 10 heteroatoms. The number of hydrogen-bond donors (Lipinski definition) is 2. The highest BCUT2D eigenvalue weighted by Gasteiger charge is 2.22. The second kappa shape index (κ2) is 10.9. The molecule has 3 heterocycles. The second-order valence-corrected chi connectivity index (χ2v) is 8.67. The van der Waals surface area contributed by atoms with Gasteiger partial charge in [-0.1, -0.05) is 0 Å². The van der Waals surface area contributed by atoms with Crippen LogP contribution in [0.5, 0.6) is 11.5 Å². The van der Waals surface area contributed by atoms with Crippen molar-refractivity contribution in [2.45, 2.75) is 19.3 Å². The van der Waals surface area contributed by atoms with Crippen LogP contribution in [0.15, 0.2) is 42.6 Å². The van der Waals surface area contributed by atoms with E-state index in [2.05, 4.69) is 20.6 Å². The Morgan fingerprint density at radius 3 is 2.61 bits per heavy atom. The lowest BCUT2D eigenvalue weighted by molar-refractivity contribution is 0.0761. The molecule has 0 unspecified atom stereocenters. The SMILES string of the molecule is O=C(c1ccc2cc1OCCCCOc1cc(ccc1F)-c1nc(ncc1F)N2)N1CCCNCC1. The maximum atomic E-state index is 14.6. The Hall–Kier alpha value is -3.79. The predicted molar refractivity (Wildman–Crippen MR) is 131 cm³/mol. The summed E-state index contributed by atoms with van der Waals surface area (Å²) >= 11 is 0. The van der Waals surface area contributed by atoms with E-state index in [1.165, 1.54) is 18.2 Å². The van der Waals surface area contributed by atoms with Crippen LogP contribution in [0.2, 0.25) is 0 Å². The smallest absolute Gasteiger partial charge is 0.257 e. The molecule has 2 aliphatic heterocycles. The third kappa shape index (κ3) is 5.38. The number of halogens is 2. The molecule has 0 saturated carbocycles. The number of rotatable bonds is 1. The summed E-state index contributed by atoms with van der Waals surface area (Å²) in [5.41, 5.74) is 1.45. The quantitative estimate of drug-likeness (QED) is 0.524. The van der Waals surface area contributed by atoms with E-state index in [1.807, 2.05) is 4.90 Å². The molecule has 1 aromatic heterocycles. The van der Waals surface area contributed by atoms with Crippen LogP contribution in [0, 0.1) is 11.6 Å². The summed E-state index contributed by atoms with van der Waals surface area (Å²) in [6.07, 6.45) is 3.18. The third-order valence-corrected chi connectivity index (χ3v) is 6.10. The van der Waals surface area contributed by atoms with Gasteiger partial charge in [-0.15, -0.1) is 0 Å². The van der Waals surface area contributed by atoms with E-state index in [0.29, 0.717) is 55.1 Å². The maximum Gasteiger partial charge on any atom is 0.257 e. The first kappa shape index (κ1) is 23.9. The van der Waals surface area contributed by atoms with Gasteiger partial charge in [0.2, 0.25) is 5.95 Å². The Bertz CT molecular complexity index is 1250. The number of aromatic nitrogens is 2. The number of hydrogen-bond acceptors (Lipinski definition) is 7. The summed E-state index contributed by atoms with van der Waals surface area (Å²) < 4.78 is 40.5. The summed E-state index contributed by atoms with van der Waals surface area (Å²) in [4.78, 5) is 23.5. The molecule has 8 nitrogen and oxygen atoms in total. The summed E-state index contributed by atoms with van der Waals surface area (Å²) in [6.45, 7) is 3.54. The van der Waals surface area contributed by atoms with E-state index in [9.17, 15) is 13.6 Å². The molecule has 2 aliphatic rings. The lowest BCUT2D eigenvalue weighted by atomic mass is 10.1. The van der Waals surface area contributed by atoms with Gasteiger partial charge in [0.1, 0.15) is 11.4 Å². The van der Waals surface area contributed by atoms with Crippen LogP contribution in [0.3, 0.4) is 0 Å². The molecule has 0 spiro atoms. The third-order valence-electron chi connectivity index (χ3n) is 6.10. The topological polar surface area (TPSA) is 88.6 Å². The predicted octanol–water partition coefficient (Wildman–Crippen LogP) is 4.15. The Morgan fingerprint density at radius 2 is 1.75 bits per heavy atom. The van der Waals surface area contributed by atoms with Crippen molar-refractivity contribution in [2.75, 3.05) is 44.7 Å². The van der Waals surface area contributed by atoms with Crippen LogP contribution >= 0.6 is 0 Å². The van der Waals surface area contributed by atoms with E-state index >= 15 is 0 Å². The van der Waals surface area contributed by atoms with Crippen molar-refractivity contribution >= 4 is 17.5 Å². The van der Waals surface area contributed by atoms with Gasteiger partial charge in [-0.25, -0.2) is 18.7 Å². The van der Waals surface area contributed by atoms with Gasteiger partial charge in [-0.05, 0) is 56.1 Å². The van der Waals surface area contributed by atoms with Gasteiger partial charge in [0.15, 0.2) is 17.4 Å². The van der Waals surface area contributed by atoms with Crippen LogP contribution in [-0.4, -0.2) is 60.2 Å². The molecule has 1 amide bonds. The molecular formula is C26H27F2N5O3. The molecule has 1 saturated heterocycles. The van der Waals surface area contributed by atoms with Crippen molar-refractivity contribution in [3.63, 3.8) is 0 Å². The van der Waals surface area contributed by atoms with Gasteiger partial charge in [0, 0.05) is 37.0 Å². The highest BCUT2D eigenvalue weighted by atomic mass is 19.1. The van der Waals surface area contributed by atoms with Crippen LogP contribution in [0.25, 0.3) is 11.3 Å². The summed E-state index contributed by atoms with van der Waals surface area (Å²) in [7, 11) is 0. The first-order chi connectivity index (χ1) is 17.6. The Balaban J connectivity index is 1.48. The second-order valence-electron chi connectivity index (χ2n) is 8.67. The minimum Gasteiger partial charge on any atom is -0.493 e. The number of amides is 1. The molecule has 2 N–H and O–H groups in total. The van der Waals surface area contributed by atoms with E-state index in [-0.39, 0.29) is 29.9 Å². The largest absolute Gasteiger partial charge is 0.493 e. The van der Waals surface area contributed by atoms with Crippen molar-refractivity contribution in [1.29, 1.82) is 0 Å². The van der Waals surface area contributed by atoms with Gasteiger partial charge in [-0.3, -0.25) is 4.79 Å². The number of benzene rings is 2. The standard InChI is InChI=1S/C26H27F2N5O3/c27-20-7-4-17-14-23(20)36-13-2-1-12-35-22-15-18(31-26-30-16-21(28)24(17)32-26)5-6-19(22)25(34)33-10-3-8-29-9-11-33/h4-7,14-16,29H,1-3,8-13H2,(H,30,31,32). The van der Waals surface area contributed by atoms with E-state index in [1.54, 1.807) is 18.2 Å². The van der Waals surface area contributed by atoms with Gasteiger partial charge >= 0.3 is 0 Å². The zero-order chi connectivity index (χ0) is 24.9. The van der Waals surface area contributed by atoms with Crippen molar-refractivity contribution in [2.24, 2.45) is 0 Å². The first-order valence-corrected chi connectivity index (χ1v) is 12.1. The molecule has 5 rings (SSSR count). The number of ether oxygens (including phenoxy) is 2. The Labute approximate surface area is 207 Å². The minimum atomic E-state index is -0.642. The normalized spacial score (nSPS) is 16.2. The number of carbonyl (C=O) groups excluding carboxylic acids is 1. The van der Waals surface area contributed by atoms with Gasteiger partial charge in [-0.2, -0.15) is 0 Å². The van der Waals surface area contributed by atoms with E-state index < -0.39 is 11.6 Å². The monoisotopic (exact) mass is 495 g/mol. The zero-order valence-corrected chi connectivity index (χ0v) is 19.7. The average Bonchev–Trinajstić information content (AvgIpc) is 3.17. The van der Waals surface area contributed by atoms with E-state index in [4.69, 9.17) is 9.47 Å². The average molecular weight is 496 g/mol. The van der Waals surface area contributed by atoms with Gasteiger partial charge in [0.25, 0.3) is 5.91 Å². The molecule has 1 fully saturated rings. The van der Waals surface area contributed by atoms with Crippen molar-refractivity contribution in [1.82, 2.24) is 20.2 Å². The molecule has 0 radical (unpaired) electrons. The minimum absolute atomic E-state index is 0.0162. The molecule has 2 aromatic carbocycles. The number of anilines is 2. The van der Waals surface area contributed by atoms with Crippen LogP contribution in [0.1, 0.15) is 29.6 Å². The Kier molecular flexibility index (Phi) is 7.22. The number of nitrogens with zero attached hydrogens (tertiary/aromatic N) is 3. The molecule has 188 valence electrons. The number of fused-ring (bicyclic) bond motifs is 7. The lowest BCUT2D eigenvalue weighted by Crippen LogP contribution is -2.34. The number of nitrogens with one attached hydrogen (secondary N) is 2. The van der Waals surface area contributed by atoms with Crippen molar-refractivity contribution in [3.8, 4) is 22.8 Å². The lowest BCUT2D eigenvalue weighted by Gasteiger charge is -2.22. The molecule has 36 heavy (non-hydrogen) atoms. The van der Waals surface area contributed by atoms with Gasteiger partial charge < -0.3 is 25.0 Å². The number of carbonyl (C=O) groups is 1. The summed E-state index contributed by atoms with van der Waals surface area (Å²) in [5.74, 6) is -0.657. The van der Waals surface area contributed by atoms with E-state index in [0.717, 1.165) is 25.7 Å². The Morgan fingerprint density at radius 1 is 0.917 bits per heavy atom. The summed E-state index contributed by atoms with van der Waals surface area (Å²) in [5, 5.41) is 6.36. The van der Waals surface area contributed by atoms with Crippen molar-refractivity contribution in [3.05, 3.63) is 59.8 Å². The first-order valence-electron chi connectivity index (χ1n) is 12.1. The molecule has 0 aliphatic carbocycles. The summed E-state index contributed by atoms with van der Waals surface area (Å²) in [6, 6.07) is 9.31. The molecule has 0 atom stereocenters. The molecule has 3 aromatic rings. The highest BCUT2D eigenvalue weighted by molar-refractivity contribution is 5.97. The fraction of sp³-hybridized carbons (Fsp3) is 0.346. The zero-order valence-electron chi connectivity index (χ0n) is 19.7. The molecule has 6 bridgehead atoms. The fourth-order valence-corrected chi connectivity index (χ4v) is 4.20. The van der Waals surface area contributed by atoms with Crippen LogP contribution in [0.4, 0.5) is 20.4 Å². The molecular weight excluding hydrogens is 468 g/mol. The van der Waals surface area contributed by atoms with Crippen molar-refractivity contribution < 1.29 is 23.0 Å². The van der Waals surface area contributed by atoms with Crippen LogP contribution < -0.4 is 20.1 Å². The van der Waals surface area contributed by atoms with Crippen LogP contribution in [-0.2, 0) is 0 Å². The van der Waals surface area contributed by atoms with Gasteiger partial charge in [0.05, 0.1) is 25.0 Å². The fourth-order valence-electron chi connectivity index (χ4n) is 4.20. The highest BCUT2D eigenvalue weighted by Crippen LogP contribution is 2.30.